The first kappa shape index (κ1) is 22.6. The lowest BCUT2D eigenvalue weighted by molar-refractivity contribution is -0.134. The molecule has 0 aliphatic carbocycles. The summed E-state index contributed by atoms with van der Waals surface area (Å²) in [7, 11) is 0. The molecule has 2 rings (SSSR count). The maximum absolute atomic E-state index is 11.6. The first-order valence-corrected chi connectivity index (χ1v) is 9.56. The average molecular weight is 372 g/mol. The molecule has 5 heteroatoms. The number of hydrogen-bond acceptors (Lipinski definition) is 3. The van der Waals surface area contributed by atoms with Gasteiger partial charge in [-0.05, 0) is 62.4 Å². The summed E-state index contributed by atoms with van der Waals surface area (Å²) in [6.07, 6.45) is 5.20. The van der Waals surface area contributed by atoms with E-state index in [1.807, 2.05) is 26.0 Å². The largest absolute Gasteiger partial charge is 0.361 e. The minimum absolute atomic E-state index is 0.694. The molecule has 0 fully saturated rings. The molecular formula is C22H33N3O2. The van der Waals surface area contributed by atoms with Crippen LogP contribution in [0.2, 0.25) is 0 Å². The number of anilines is 1. The van der Waals surface area contributed by atoms with Crippen LogP contribution in [0.1, 0.15) is 51.3 Å². The van der Waals surface area contributed by atoms with E-state index in [-0.39, 0.29) is 0 Å². The highest BCUT2D eigenvalue weighted by atomic mass is 16.2. The SMILES string of the molecule is C/C=C(\C=C(C)C)CN1CCc2c(NC(=O)C(N)=O)ccc(C)c2C1.CC. The monoisotopic (exact) mass is 371 g/mol. The highest BCUT2D eigenvalue weighted by Crippen LogP contribution is 2.29. The van der Waals surface area contributed by atoms with Crippen LogP contribution in [0.25, 0.3) is 0 Å². The van der Waals surface area contributed by atoms with Crippen LogP contribution in [0, 0.1) is 6.92 Å². The van der Waals surface area contributed by atoms with Gasteiger partial charge in [-0.25, -0.2) is 0 Å². The number of fused-ring (bicyclic) bond motifs is 1. The fraction of sp³-hybridized carbons (Fsp3) is 0.455. The van der Waals surface area contributed by atoms with E-state index >= 15 is 0 Å². The molecular weight excluding hydrogens is 338 g/mol. The first-order valence-electron chi connectivity index (χ1n) is 9.56. The third kappa shape index (κ3) is 6.36. The molecule has 1 aliphatic heterocycles. The van der Waals surface area contributed by atoms with Gasteiger partial charge in [-0.3, -0.25) is 14.5 Å². The summed E-state index contributed by atoms with van der Waals surface area (Å²) in [5, 5.41) is 2.64. The zero-order valence-corrected chi connectivity index (χ0v) is 17.5. The zero-order chi connectivity index (χ0) is 20.6. The van der Waals surface area contributed by atoms with E-state index < -0.39 is 11.8 Å². The Hall–Kier alpha value is -2.40. The molecule has 1 aromatic carbocycles. The Labute approximate surface area is 163 Å². The number of hydrogen-bond donors (Lipinski definition) is 2. The highest BCUT2D eigenvalue weighted by molar-refractivity contribution is 6.39. The Morgan fingerprint density at radius 1 is 1.22 bits per heavy atom. The van der Waals surface area contributed by atoms with Gasteiger partial charge in [-0.1, -0.05) is 37.6 Å². The number of nitrogens with two attached hydrogens (primary N) is 1. The van der Waals surface area contributed by atoms with Gasteiger partial charge in [0.1, 0.15) is 0 Å². The second kappa shape index (κ2) is 10.7. The van der Waals surface area contributed by atoms with E-state index in [0.29, 0.717) is 5.69 Å². The third-order valence-electron chi connectivity index (χ3n) is 4.45. The molecule has 0 radical (unpaired) electrons. The number of carbonyl (C=O) groups is 2. The van der Waals surface area contributed by atoms with E-state index in [4.69, 9.17) is 5.73 Å². The van der Waals surface area contributed by atoms with Crippen molar-refractivity contribution in [2.45, 2.75) is 54.5 Å². The first-order chi connectivity index (χ1) is 12.8. The van der Waals surface area contributed by atoms with E-state index in [1.165, 1.54) is 22.3 Å². The molecule has 0 aromatic heterocycles. The van der Waals surface area contributed by atoms with Crippen molar-refractivity contribution in [1.82, 2.24) is 4.90 Å². The van der Waals surface area contributed by atoms with Gasteiger partial charge in [0.15, 0.2) is 0 Å². The molecule has 5 nitrogen and oxygen atoms in total. The fourth-order valence-corrected chi connectivity index (χ4v) is 3.17. The van der Waals surface area contributed by atoms with Crippen LogP contribution < -0.4 is 11.1 Å². The number of allylic oxidation sites excluding steroid dienone is 2. The third-order valence-corrected chi connectivity index (χ3v) is 4.45. The van der Waals surface area contributed by atoms with Crippen LogP contribution >= 0.6 is 0 Å². The lowest BCUT2D eigenvalue weighted by atomic mass is 9.93. The maximum Gasteiger partial charge on any atom is 0.313 e. The lowest BCUT2D eigenvalue weighted by Crippen LogP contribution is -2.34. The van der Waals surface area contributed by atoms with Crippen molar-refractivity contribution in [3.8, 4) is 0 Å². The van der Waals surface area contributed by atoms with Gasteiger partial charge in [-0.2, -0.15) is 0 Å². The Balaban J connectivity index is 0.00000176. The smallest absolute Gasteiger partial charge is 0.313 e. The molecule has 0 saturated heterocycles. The average Bonchev–Trinajstić information content (AvgIpc) is 2.64. The fourth-order valence-electron chi connectivity index (χ4n) is 3.17. The second-order valence-electron chi connectivity index (χ2n) is 6.75. The predicted octanol–water partition coefficient (Wildman–Crippen LogP) is 3.72. The van der Waals surface area contributed by atoms with Gasteiger partial charge in [0, 0.05) is 25.3 Å². The molecule has 0 bridgehead atoms. The number of carbonyl (C=O) groups excluding carboxylic acids is 2. The van der Waals surface area contributed by atoms with Gasteiger partial charge in [0.05, 0.1) is 0 Å². The zero-order valence-electron chi connectivity index (χ0n) is 17.5. The van der Waals surface area contributed by atoms with Gasteiger partial charge < -0.3 is 11.1 Å². The number of amides is 2. The summed E-state index contributed by atoms with van der Waals surface area (Å²) in [6, 6.07) is 3.83. The summed E-state index contributed by atoms with van der Waals surface area (Å²) in [5.41, 5.74) is 11.9. The molecule has 3 N–H and O–H groups in total. The highest BCUT2D eigenvalue weighted by Gasteiger charge is 2.22. The normalized spacial score (nSPS) is 13.8. The molecule has 1 aromatic rings. The molecule has 0 saturated carbocycles. The second-order valence-corrected chi connectivity index (χ2v) is 6.75. The van der Waals surface area contributed by atoms with Crippen LogP contribution in [0.4, 0.5) is 5.69 Å². The Morgan fingerprint density at radius 2 is 1.89 bits per heavy atom. The topological polar surface area (TPSA) is 75.4 Å². The van der Waals surface area contributed by atoms with Crippen molar-refractivity contribution in [2.24, 2.45) is 5.73 Å². The summed E-state index contributed by atoms with van der Waals surface area (Å²) >= 11 is 0. The Bertz CT molecular complexity index is 744. The van der Waals surface area contributed by atoms with Gasteiger partial charge in [0.25, 0.3) is 0 Å². The van der Waals surface area contributed by atoms with Crippen molar-refractivity contribution in [2.75, 3.05) is 18.4 Å². The van der Waals surface area contributed by atoms with Crippen LogP contribution in [0.5, 0.6) is 0 Å². The van der Waals surface area contributed by atoms with Crippen molar-refractivity contribution < 1.29 is 9.59 Å². The number of rotatable bonds is 4. The Morgan fingerprint density at radius 3 is 2.44 bits per heavy atom. The van der Waals surface area contributed by atoms with Crippen LogP contribution in [-0.2, 0) is 22.6 Å². The molecule has 1 heterocycles. The summed E-state index contributed by atoms with van der Waals surface area (Å²) < 4.78 is 0. The van der Waals surface area contributed by atoms with Crippen molar-refractivity contribution in [3.05, 3.63) is 52.1 Å². The summed E-state index contributed by atoms with van der Waals surface area (Å²) in [5.74, 6) is -1.74. The van der Waals surface area contributed by atoms with Crippen LogP contribution in [0.15, 0.2) is 35.4 Å². The molecule has 148 valence electrons. The van der Waals surface area contributed by atoms with E-state index in [1.54, 1.807) is 0 Å². The van der Waals surface area contributed by atoms with E-state index in [0.717, 1.165) is 31.6 Å². The summed E-state index contributed by atoms with van der Waals surface area (Å²) in [4.78, 5) is 25.1. The van der Waals surface area contributed by atoms with Crippen LogP contribution in [0.3, 0.4) is 0 Å². The summed E-state index contributed by atoms with van der Waals surface area (Å²) in [6.45, 7) is 15.0. The quantitative estimate of drug-likeness (QED) is 0.626. The molecule has 0 spiro atoms. The number of benzene rings is 1. The minimum atomic E-state index is -0.966. The number of primary amides is 1. The number of nitrogens with zero attached hydrogens (tertiary/aromatic N) is 1. The van der Waals surface area contributed by atoms with Gasteiger partial charge in [0.2, 0.25) is 0 Å². The molecule has 2 amide bonds. The number of nitrogens with one attached hydrogen (secondary N) is 1. The molecule has 27 heavy (non-hydrogen) atoms. The predicted molar refractivity (Wildman–Crippen MR) is 113 cm³/mol. The van der Waals surface area contributed by atoms with Gasteiger partial charge in [-0.15, -0.1) is 0 Å². The number of aryl methyl sites for hydroxylation is 1. The minimum Gasteiger partial charge on any atom is -0.361 e. The molecule has 0 atom stereocenters. The van der Waals surface area contributed by atoms with Gasteiger partial charge >= 0.3 is 11.8 Å². The van der Waals surface area contributed by atoms with Crippen molar-refractivity contribution >= 4 is 17.5 Å². The van der Waals surface area contributed by atoms with Crippen LogP contribution in [-0.4, -0.2) is 29.8 Å². The van der Waals surface area contributed by atoms with E-state index in [9.17, 15) is 9.59 Å². The standard InChI is InChI=1S/C20H27N3O2.C2H6/c1-5-15(10-13(2)3)11-23-9-8-16-17(12-23)14(4)6-7-18(16)22-20(25)19(21)24;1-2/h5-7,10H,8-9,11-12H2,1-4H3,(H2,21,24)(H,22,25);1-2H3/b15-5+;. The van der Waals surface area contributed by atoms with Crippen molar-refractivity contribution in [1.29, 1.82) is 0 Å². The van der Waals surface area contributed by atoms with Crippen molar-refractivity contribution in [3.63, 3.8) is 0 Å². The maximum atomic E-state index is 11.6. The Kier molecular flexibility index (Phi) is 8.95. The lowest BCUT2D eigenvalue weighted by Gasteiger charge is -2.31. The van der Waals surface area contributed by atoms with E-state index in [2.05, 4.69) is 50.1 Å². The molecule has 0 unspecified atom stereocenters. The molecule has 1 aliphatic rings.